The Morgan fingerprint density at radius 1 is 1.54 bits per heavy atom. The van der Waals surface area contributed by atoms with Crippen molar-refractivity contribution in [3.63, 3.8) is 0 Å². The van der Waals surface area contributed by atoms with Crippen molar-refractivity contribution in [2.45, 2.75) is 31.8 Å². The van der Waals surface area contributed by atoms with Gasteiger partial charge in [0.05, 0.1) is 32.5 Å². The SMILES string of the molecule is COc1ncccc1NC(=O)NC1CCCc2c1cnn2CCO. The van der Waals surface area contributed by atoms with Gasteiger partial charge in [0.15, 0.2) is 0 Å². The fourth-order valence-electron chi connectivity index (χ4n) is 3.02. The molecule has 0 aliphatic heterocycles. The Balaban J connectivity index is 1.70. The van der Waals surface area contributed by atoms with Crippen molar-refractivity contribution in [3.8, 4) is 5.88 Å². The highest BCUT2D eigenvalue weighted by Crippen LogP contribution is 2.30. The van der Waals surface area contributed by atoms with Crippen molar-refractivity contribution in [1.82, 2.24) is 20.1 Å². The molecule has 2 aromatic rings. The van der Waals surface area contributed by atoms with Crippen LogP contribution in [0.1, 0.15) is 30.1 Å². The summed E-state index contributed by atoms with van der Waals surface area (Å²) in [6, 6.07) is 3.06. The third-order valence-electron chi connectivity index (χ3n) is 4.09. The van der Waals surface area contributed by atoms with Gasteiger partial charge in [-0.05, 0) is 31.4 Å². The molecule has 0 saturated carbocycles. The van der Waals surface area contributed by atoms with E-state index in [1.807, 2.05) is 4.68 Å². The molecule has 0 fully saturated rings. The van der Waals surface area contributed by atoms with Crippen LogP contribution in [0.4, 0.5) is 10.5 Å². The molecule has 0 radical (unpaired) electrons. The minimum atomic E-state index is -0.311. The Morgan fingerprint density at radius 2 is 2.42 bits per heavy atom. The number of aromatic nitrogens is 3. The number of amides is 2. The van der Waals surface area contributed by atoms with Crippen LogP contribution in [0.5, 0.6) is 5.88 Å². The maximum atomic E-state index is 12.3. The molecule has 1 aliphatic rings. The smallest absolute Gasteiger partial charge is 0.319 e. The van der Waals surface area contributed by atoms with Gasteiger partial charge in [-0.25, -0.2) is 9.78 Å². The number of methoxy groups -OCH3 is 1. The number of rotatable bonds is 5. The van der Waals surface area contributed by atoms with E-state index in [1.165, 1.54) is 7.11 Å². The molecule has 3 N–H and O–H groups in total. The number of fused-ring (bicyclic) bond motifs is 1. The van der Waals surface area contributed by atoms with Crippen LogP contribution in [0.2, 0.25) is 0 Å². The van der Waals surface area contributed by atoms with Crippen molar-refractivity contribution in [1.29, 1.82) is 0 Å². The minimum Gasteiger partial charge on any atom is -0.480 e. The van der Waals surface area contributed by atoms with Gasteiger partial charge >= 0.3 is 6.03 Å². The number of aliphatic hydroxyl groups excluding tert-OH is 1. The molecule has 0 saturated heterocycles. The monoisotopic (exact) mass is 331 g/mol. The standard InChI is InChI=1S/C16H21N5O3/c1-24-15-13(5-3-7-17-15)20-16(23)19-12-4-2-6-14-11(12)10-18-21(14)8-9-22/h3,5,7,10,12,22H,2,4,6,8-9H2,1H3,(H2,19,20,23). The van der Waals surface area contributed by atoms with Gasteiger partial charge in [-0.1, -0.05) is 0 Å². The summed E-state index contributed by atoms with van der Waals surface area (Å²) in [6.45, 7) is 0.522. The lowest BCUT2D eigenvalue weighted by atomic mass is 9.93. The number of ether oxygens (including phenoxy) is 1. The maximum absolute atomic E-state index is 12.3. The van der Waals surface area contributed by atoms with Gasteiger partial charge in [0, 0.05) is 17.5 Å². The first-order valence-corrected chi connectivity index (χ1v) is 7.95. The van der Waals surface area contributed by atoms with Gasteiger partial charge < -0.3 is 20.5 Å². The lowest BCUT2D eigenvalue weighted by Crippen LogP contribution is -2.34. The van der Waals surface area contributed by atoms with Gasteiger partial charge in [0.25, 0.3) is 0 Å². The Kier molecular flexibility index (Phi) is 4.95. The fourth-order valence-corrected chi connectivity index (χ4v) is 3.02. The molecule has 24 heavy (non-hydrogen) atoms. The molecule has 3 rings (SSSR count). The fraction of sp³-hybridized carbons (Fsp3) is 0.438. The summed E-state index contributed by atoms with van der Waals surface area (Å²) in [5, 5.41) is 19.2. The van der Waals surface area contributed by atoms with Crippen molar-refractivity contribution >= 4 is 11.7 Å². The number of nitrogens with zero attached hydrogens (tertiary/aromatic N) is 3. The average molecular weight is 331 g/mol. The number of aliphatic hydroxyl groups is 1. The molecule has 0 bridgehead atoms. The highest BCUT2D eigenvalue weighted by atomic mass is 16.5. The molecular formula is C16H21N5O3. The Morgan fingerprint density at radius 3 is 3.21 bits per heavy atom. The van der Waals surface area contributed by atoms with Crippen LogP contribution >= 0.6 is 0 Å². The largest absolute Gasteiger partial charge is 0.480 e. The number of hydrogen-bond donors (Lipinski definition) is 3. The van der Waals surface area contributed by atoms with Gasteiger partial charge in [0.1, 0.15) is 5.69 Å². The minimum absolute atomic E-state index is 0.0491. The Bertz CT molecular complexity index is 715. The first-order chi connectivity index (χ1) is 11.7. The van der Waals surface area contributed by atoms with Crippen molar-refractivity contribution in [2.75, 3.05) is 19.0 Å². The number of nitrogens with one attached hydrogen (secondary N) is 2. The van der Waals surface area contributed by atoms with E-state index in [2.05, 4.69) is 20.7 Å². The normalized spacial score (nSPS) is 16.3. The van der Waals surface area contributed by atoms with Crippen molar-refractivity contribution < 1.29 is 14.6 Å². The van der Waals surface area contributed by atoms with Crippen LogP contribution < -0.4 is 15.4 Å². The first-order valence-electron chi connectivity index (χ1n) is 7.95. The van der Waals surface area contributed by atoms with Gasteiger partial charge in [0.2, 0.25) is 5.88 Å². The Labute approximate surface area is 139 Å². The van der Waals surface area contributed by atoms with Crippen LogP contribution in [0.3, 0.4) is 0 Å². The van der Waals surface area contributed by atoms with Crippen LogP contribution in [-0.4, -0.2) is 39.6 Å². The maximum Gasteiger partial charge on any atom is 0.319 e. The summed E-state index contributed by atoms with van der Waals surface area (Å²) >= 11 is 0. The van der Waals surface area contributed by atoms with E-state index in [1.54, 1.807) is 24.5 Å². The summed E-state index contributed by atoms with van der Waals surface area (Å²) in [7, 11) is 1.51. The second kappa shape index (κ2) is 7.31. The summed E-state index contributed by atoms with van der Waals surface area (Å²) < 4.78 is 6.94. The van der Waals surface area contributed by atoms with E-state index in [9.17, 15) is 4.79 Å². The highest BCUT2D eigenvalue weighted by Gasteiger charge is 2.25. The molecule has 2 heterocycles. The van der Waals surface area contributed by atoms with Crippen molar-refractivity contribution in [3.05, 3.63) is 35.8 Å². The molecule has 2 aromatic heterocycles. The van der Waals surface area contributed by atoms with E-state index < -0.39 is 0 Å². The highest BCUT2D eigenvalue weighted by molar-refractivity contribution is 5.90. The molecular weight excluding hydrogens is 310 g/mol. The summed E-state index contributed by atoms with van der Waals surface area (Å²) in [4.78, 5) is 16.4. The van der Waals surface area contributed by atoms with Crippen LogP contribution in [0, 0.1) is 0 Å². The van der Waals surface area contributed by atoms with Crippen LogP contribution in [0.15, 0.2) is 24.5 Å². The van der Waals surface area contributed by atoms with Gasteiger partial charge in [-0.15, -0.1) is 0 Å². The predicted octanol–water partition coefficient (Wildman–Crippen LogP) is 1.48. The molecule has 8 heteroatoms. The number of hydrogen-bond acceptors (Lipinski definition) is 5. The molecule has 128 valence electrons. The van der Waals surface area contributed by atoms with E-state index in [-0.39, 0.29) is 18.7 Å². The van der Waals surface area contributed by atoms with Crippen molar-refractivity contribution in [2.24, 2.45) is 0 Å². The molecule has 0 spiro atoms. The second-order valence-electron chi connectivity index (χ2n) is 5.60. The van der Waals surface area contributed by atoms with Crippen LogP contribution in [0.25, 0.3) is 0 Å². The first kappa shape index (κ1) is 16.3. The number of pyridine rings is 1. The van der Waals surface area contributed by atoms with E-state index in [0.29, 0.717) is 18.1 Å². The number of urea groups is 1. The summed E-state index contributed by atoms with van der Waals surface area (Å²) in [6.07, 6.45) is 6.11. The number of carbonyl (C=O) groups is 1. The summed E-state index contributed by atoms with van der Waals surface area (Å²) in [5.74, 6) is 0.368. The van der Waals surface area contributed by atoms with Crippen LogP contribution in [-0.2, 0) is 13.0 Å². The predicted molar refractivity (Wildman–Crippen MR) is 87.9 cm³/mol. The average Bonchev–Trinajstić information content (AvgIpc) is 3.00. The van der Waals surface area contributed by atoms with E-state index >= 15 is 0 Å². The second-order valence-corrected chi connectivity index (χ2v) is 5.60. The molecule has 2 amide bonds. The van der Waals surface area contributed by atoms with E-state index in [4.69, 9.17) is 9.84 Å². The third kappa shape index (κ3) is 3.33. The lowest BCUT2D eigenvalue weighted by molar-refractivity contribution is 0.246. The zero-order chi connectivity index (χ0) is 16.9. The molecule has 8 nitrogen and oxygen atoms in total. The zero-order valence-electron chi connectivity index (χ0n) is 13.5. The quantitative estimate of drug-likeness (QED) is 0.770. The van der Waals surface area contributed by atoms with Gasteiger partial charge in [-0.3, -0.25) is 4.68 Å². The molecule has 0 aromatic carbocycles. The Hall–Kier alpha value is -2.61. The molecule has 1 unspecified atom stereocenters. The topological polar surface area (TPSA) is 101 Å². The van der Waals surface area contributed by atoms with E-state index in [0.717, 1.165) is 30.5 Å². The zero-order valence-corrected chi connectivity index (χ0v) is 13.5. The molecule has 1 aliphatic carbocycles. The van der Waals surface area contributed by atoms with Gasteiger partial charge in [-0.2, -0.15) is 5.10 Å². The number of carbonyl (C=O) groups excluding carboxylic acids is 1. The summed E-state index contributed by atoms with van der Waals surface area (Å²) in [5.41, 5.74) is 2.62. The molecule has 1 atom stereocenters. The lowest BCUT2D eigenvalue weighted by Gasteiger charge is -2.24. The third-order valence-corrected chi connectivity index (χ3v) is 4.09. The number of anilines is 1.